The van der Waals surface area contributed by atoms with Gasteiger partial charge in [0.25, 0.3) is 0 Å². The van der Waals surface area contributed by atoms with Crippen molar-refractivity contribution in [2.24, 2.45) is 5.10 Å². The Balaban J connectivity index is 1.86. The van der Waals surface area contributed by atoms with Crippen molar-refractivity contribution in [2.45, 2.75) is 0 Å². The number of nitrogens with zero attached hydrogens (tertiary/aromatic N) is 1. The number of ether oxygens (including phenoxy) is 1. The van der Waals surface area contributed by atoms with Crippen molar-refractivity contribution < 1.29 is 18.7 Å². The summed E-state index contributed by atoms with van der Waals surface area (Å²) in [6.45, 7) is 3.96. The van der Waals surface area contributed by atoms with E-state index >= 15 is 0 Å². The van der Waals surface area contributed by atoms with Gasteiger partial charge in [0.1, 0.15) is 18.2 Å². The maximum atomic E-state index is 13.4. The van der Waals surface area contributed by atoms with Crippen LogP contribution in [0.5, 0.6) is 5.75 Å². The summed E-state index contributed by atoms with van der Waals surface area (Å²) in [5.41, 5.74) is 2.68. The SMILES string of the molecule is C=CCOc1ccc(/C=N/NC(=O)C(=O)Nc2ccccc2F)cc1. The van der Waals surface area contributed by atoms with Crippen molar-refractivity contribution in [1.29, 1.82) is 0 Å². The molecule has 6 nitrogen and oxygen atoms in total. The lowest BCUT2D eigenvalue weighted by molar-refractivity contribution is -0.136. The molecular formula is C18H16FN3O3. The molecule has 0 aromatic heterocycles. The van der Waals surface area contributed by atoms with Crippen LogP contribution in [0.15, 0.2) is 66.3 Å². The lowest BCUT2D eigenvalue weighted by Gasteiger charge is -2.04. The number of carbonyl (C=O) groups is 2. The molecular weight excluding hydrogens is 325 g/mol. The van der Waals surface area contributed by atoms with E-state index in [1.54, 1.807) is 30.3 Å². The third-order valence-corrected chi connectivity index (χ3v) is 2.96. The van der Waals surface area contributed by atoms with E-state index in [9.17, 15) is 14.0 Å². The molecule has 0 aliphatic heterocycles. The zero-order valence-electron chi connectivity index (χ0n) is 13.2. The molecule has 0 spiro atoms. The first-order chi connectivity index (χ1) is 12.1. The van der Waals surface area contributed by atoms with Crippen molar-refractivity contribution in [1.82, 2.24) is 5.43 Å². The van der Waals surface area contributed by atoms with Gasteiger partial charge < -0.3 is 10.1 Å². The lowest BCUT2D eigenvalue weighted by Crippen LogP contribution is -2.32. The first kappa shape index (κ1) is 17.9. The highest BCUT2D eigenvalue weighted by molar-refractivity contribution is 6.39. The molecule has 0 aliphatic rings. The smallest absolute Gasteiger partial charge is 0.329 e. The summed E-state index contributed by atoms with van der Waals surface area (Å²) in [6, 6.07) is 12.5. The van der Waals surface area contributed by atoms with Crippen molar-refractivity contribution in [2.75, 3.05) is 11.9 Å². The van der Waals surface area contributed by atoms with Crippen LogP contribution < -0.4 is 15.5 Å². The second kappa shape index (κ2) is 8.97. The van der Waals surface area contributed by atoms with Crippen LogP contribution in [0.25, 0.3) is 0 Å². The molecule has 2 aromatic rings. The van der Waals surface area contributed by atoms with Gasteiger partial charge in [0.15, 0.2) is 0 Å². The minimum atomic E-state index is -1.02. The highest BCUT2D eigenvalue weighted by Gasteiger charge is 2.14. The van der Waals surface area contributed by atoms with E-state index in [1.165, 1.54) is 30.5 Å². The first-order valence-corrected chi connectivity index (χ1v) is 7.33. The highest BCUT2D eigenvalue weighted by Crippen LogP contribution is 2.12. The Morgan fingerprint density at radius 3 is 2.52 bits per heavy atom. The van der Waals surface area contributed by atoms with Gasteiger partial charge in [-0.2, -0.15) is 5.10 Å². The zero-order chi connectivity index (χ0) is 18.1. The summed E-state index contributed by atoms with van der Waals surface area (Å²) in [6.07, 6.45) is 3.00. The van der Waals surface area contributed by atoms with Crippen LogP contribution in [0.2, 0.25) is 0 Å². The Morgan fingerprint density at radius 1 is 1.12 bits per heavy atom. The number of rotatable bonds is 6. The van der Waals surface area contributed by atoms with Crippen LogP contribution in [-0.4, -0.2) is 24.6 Å². The van der Waals surface area contributed by atoms with Crippen molar-refractivity contribution in [3.63, 3.8) is 0 Å². The van der Waals surface area contributed by atoms with Gasteiger partial charge in [0, 0.05) is 0 Å². The summed E-state index contributed by atoms with van der Waals surface area (Å²) >= 11 is 0. The number of nitrogens with one attached hydrogen (secondary N) is 2. The molecule has 7 heteroatoms. The number of hydrogen-bond donors (Lipinski definition) is 2. The molecule has 0 bridgehead atoms. The Bertz CT molecular complexity index is 788. The van der Waals surface area contributed by atoms with Crippen molar-refractivity contribution >= 4 is 23.7 Å². The molecule has 0 saturated carbocycles. The van der Waals surface area contributed by atoms with E-state index in [2.05, 4.69) is 22.4 Å². The topological polar surface area (TPSA) is 79.8 Å². The third kappa shape index (κ3) is 5.58. The van der Waals surface area contributed by atoms with Gasteiger partial charge in [0.2, 0.25) is 0 Å². The fourth-order valence-corrected chi connectivity index (χ4v) is 1.76. The van der Waals surface area contributed by atoms with Crippen LogP contribution in [0.4, 0.5) is 10.1 Å². The molecule has 2 N–H and O–H groups in total. The van der Waals surface area contributed by atoms with Gasteiger partial charge >= 0.3 is 11.8 Å². The fraction of sp³-hybridized carbons (Fsp3) is 0.0556. The number of benzene rings is 2. The van der Waals surface area contributed by atoms with Gasteiger partial charge in [-0.1, -0.05) is 24.8 Å². The summed E-state index contributed by atoms with van der Waals surface area (Å²) in [5.74, 6) is -1.99. The normalized spacial score (nSPS) is 10.3. The summed E-state index contributed by atoms with van der Waals surface area (Å²) in [4.78, 5) is 23.3. The number of amides is 2. The van der Waals surface area contributed by atoms with Crippen LogP contribution in [0.1, 0.15) is 5.56 Å². The minimum Gasteiger partial charge on any atom is -0.490 e. The maximum Gasteiger partial charge on any atom is 0.329 e. The largest absolute Gasteiger partial charge is 0.490 e. The third-order valence-electron chi connectivity index (χ3n) is 2.96. The Labute approximate surface area is 144 Å². The molecule has 128 valence electrons. The summed E-state index contributed by atoms with van der Waals surface area (Å²) in [5, 5.41) is 5.84. The monoisotopic (exact) mass is 341 g/mol. The highest BCUT2D eigenvalue weighted by atomic mass is 19.1. The van der Waals surface area contributed by atoms with Crippen LogP contribution in [-0.2, 0) is 9.59 Å². The van der Waals surface area contributed by atoms with E-state index < -0.39 is 17.6 Å². The standard InChI is InChI=1S/C18H16FN3O3/c1-2-11-25-14-9-7-13(8-10-14)12-20-22-18(24)17(23)21-16-6-4-3-5-15(16)19/h2-10,12H,1,11H2,(H,21,23)(H,22,24)/b20-12+. The molecule has 2 rings (SSSR count). The predicted octanol–water partition coefficient (Wildman–Crippen LogP) is 2.48. The quantitative estimate of drug-likeness (QED) is 0.367. The molecule has 0 unspecified atom stereocenters. The van der Waals surface area contributed by atoms with E-state index in [0.29, 0.717) is 17.9 Å². The number of para-hydroxylation sites is 1. The molecule has 2 amide bonds. The lowest BCUT2D eigenvalue weighted by atomic mass is 10.2. The summed E-state index contributed by atoms with van der Waals surface area (Å²) < 4.78 is 18.7. The van der Waals surface area contributed by atoms with E-state index in [-0.39, 0.29) is 5.69 Å². The van der Waals surface area contributed by atoms with Crippen molar-refractivity contribution in [3.8, 4) is 5.75 Å². The van der Waals surface area contributed by atoms with E-state index in [4.69, 9.17) is 4.74 Å². The number of carbonyl (C=O) groups excluding carboxylic acids is 2. The average Bonchev–Trinajstić information content (AvgIpc) is 2.62. The molecule has 0 heterocycles. The molecule has 0 fully saturated rings. The average molecular weight is 341 g/mol. The van der Waals surface area contributed by atoms with Gasteiger partial charge in [-0.3, -0.25) is 9.59 Å². The molecule has 0 saturated heterocycles. The molecule has 25 heavy (non-hydrogen) atoms. The minimum absolute atomic E-state index is 0.0817. The van der Waals surface area contributed by atoms with Crippen molar-refractivity contribution in [3.05, 3.63) is 72.6 Å². The van der Waals surface area contributed by atoms with E-state index in [1.807, 2.05) is 0 Å². The maximum absolute atomic E-state index is 13.4. The molecule has 0 aliphatic carbocycles. The number of anilines is 1. The first-order valence-electron chi connectivity index (χ1n) is 7.33. The number of hydrazone groups is 1. The second-order valence-corrected chi connectivity index (χ2v) is 4.80. The van der Waals surface area contributed by atoms with Crippen LogP contribution in [0, 0.1) is 5.82 Å². The molecule has 0 radical (unpaired) electrons. The Morgan fingerprint density at radius 2 is 1.84 bits per heavy atom. The van der Waals surface area contributed by atoms with Crippen LogP contribution in [0.3, 0.4) is 0 Å². The predicted molar refractivity (Wildman–Crippen MR) is 92.9 cm³/mol. The second-order valence-electron chi connectivity index (χ2n) is 4.80. The van der Waals surface area contributed by atoms with Gasteiger partial charge in [-0.25, -0.2) is 9.82 Å². The fourth-order valence-electron chi connectivity index (χ4n) is 1.76. The zero-order valence-corrected chi connectivity index (χ0v) is 13.2. The number of halogens is 1. The molecule has 0 atom stereocenters. The van der Waals surface area contributed by atoms with Gasteiger partial charge in [-0.05, 0) is 42.0 Å². The van der Waals surface area contributed by atoms with Gasteiger partial charge in [0.05, 0.1) is 11.9 Å². The molecule has 2 aromatic carbocycles. The van der Waals surface area contributed by atoms with E-state index in [0.717, 1.165) is 0 Å². The Hall–Kier alpha value is -3.48. The summed E-state index contributed by atoms with van der Waals surface area (Å²) in [7, 11) is 0. The van der Waals surface area contributed by atoms with Gasteiger partial charge in [-0.15, -0.1) is 0 Å². The Kier molecular flexibility index (Phi) is 6.41. The number of hydrogen-bond acceptors (Lipinski definition) is 4. The van der Waals surface area contributed by atoms with Crippen LogP contribution >= 0.6 is 0 Å².